The van der Waals surface area contributed by atoms with Gasteiger partial charge in [0.25, 0.3) is 11.8 Å². The molecule has 3 rings (SSSR count). The SMILES string of the molecule is CCCCCCCCOc1c(Br)cc(/C=C2/C(=O)NC(=O)N(c3ccc(C)c(C)c3)C2=O)cc1OCC. The zero-order valence-corrected chi connectivity index (χ0v) is 23.6. The van der Waals surface area contributed by atoms with E-state index >= 15 is 0 Å². The molecule has 37 heavy (non-hydrogen) atoms. The number of barbiturate groups is 1. The molecular formula is C29H35BrN2O5. The van der Waals surface area contributed by atoms with E-state index in [-0.39, 0.29) is 5.57 Å². The summed E-state index contributed by atoms with van der Waals surface area (Å²) in [5.74, 6) is -0.327. The zero-order valence-electron chi connectivity index (χ0n) is 22.0. The average molecular weight is 572 g/mol. The molecule has 1 aliphatic heterocycles. The van der Waals surface area contributed by atoms with Crippen molar-refractivity contribution in [3.8, 4) is 11.5 Å². The smallest absolute Gasteiger partial charge is 0.335 e. The van der Waals surface area contributed by atoms with Crippen molar-refractivity contribution >= 4 is 45.5 Å². The second-order valence-electron chi connectivity index (χ2n) is 9.11. The first-order valence-electron chi connectivity index (χ1n) is 12.8. The molecule has 7 nitrogen and oxygen atoms in total. The highest BCUT2D eigenvalue weighted by atomic mass is 79.9. The number of aryl methyl sites for hydroxylation is 2. The van der Waals surface area contributed by atoms with Gasteiger partial charge in [0.05, 0.1) is 23.4 Å². The number of hydrogen-bond donors (Lipinski definition) is 1. The normalized spacial score (nSPS) is 14.8. The molecule has 1 fully saturated rings. The third-order valence-electron chi connectivity index (χ3n) is 6.24. The molecule has 2 aromatic rings. The molecule has 0 bridgehead atoms. The van der Waals surface area contributed by atoms with Gasteiger partial charge in [0, 0.05) is 0 Å². The van der Waals surface area contributed by atoms with Gasteiger partial charge in [-0.25, -0.2) is 9.69 Å². The predicted molar refractivity (Wildman–Crippen MR) is 149 cm³/mol. The van der Waals surface area contributed by atoms with Crippen molar-refractivity contribution in [2.24, 2.45) is 0 Å². The summed E-state index contributed by atoms with van der Waals surface area (Å²) in [6.45, 7) is 8.92. The van der Waals surface area contributed by atoms with Crippen LogP contribution in [0.4, 0.5) is 10.5 Å². The fourth-order valence-corrected chi connectivity index (χ4v) is 4.63. The number of ether oxygens (including phenoxy) is 2. The van der Waals surface area contributed by atoms with Crippen molar-refractivity contribution in [3.05, 3.63) is 57.1 Å². The maximum Gasteiger partial charge on any atom is 0.335 e. The van der Waals surface area contributed by atoms with Crippen LogP contribution in [0.25, 0.3) is 6.08 Å². The number of imide groups is 2. The van der Waals surface area contributed by atoms with E-state index in [4.69, 9.17) is 9.47 Å². The first-order chi connectivity index (χ1) is 17.8. The molecule has 8 heteroatoms. The van der Waals surface area contributed by atoms with Crippen molar-refractivity contribution < 1.29 is 23.9 Å². The lowest BCUT2D eigenvalue weighted by Gasteiger charge is -2.27. The fourth-order valence-electron chi connectivity index (χ4n) is 4.05. The number of carbonyl (C=O) groups is 3. The number of rotatable bonds is 12. The number of carbonyl (C=O) groups excluding carboxylic acids is 3. The molecule has 198 valence electrons. The largest absolute Gasteiger partial charge is 0.490 e. The second-order valence-corrected chi connectivity index (χ2v) is 9.96. The van der Waals surface area contributed by atoms with Crippen molar-refractivity contribution in [2.75, 3.05) is 18.1 Å². The van der Waals surface area contributed by atoms with Crippen molar-refractivity contribution in [1.82, 2.24) is 5.32 Å². The van der Waals surface area contributed by atoms with E-state index in [9.17, 15) is 14.4 Å². The Morgan fingerprint density at radius 3 is 2.35 bits per heavy atom. The monoisotopic (exact) mass is 570 g/mol. The summed E-state index contributed by atoms with van der Waals surface area (Å²) in [7, 11) is 0. The van der Waals surface area contributed by atoms with Crippen LogP contribution in [-0.2, 0) is 9.59 Å². The maximum absolute atomic E-state index is 13.3. The highest BCUT2D eigenvalue weighted by Crippen LogP contribution is 2.38. The lowest BCUT2D eigenvalue weighted by molar-refractivity contribution is -0.122. The lowest BCUT2D eigenvalue weighted by atomic mass is 10.0. The van der Waals surface area contributed by atoms with E-state index in [1.807, 2.05) is 26.8 Å². The number of amides is 4. The zero-order chi connectivity index (χ0) is 26.9. The van der Waals surface area contributed by atoms with Gasteiger partial charge < -0.3 is 9.47 Å². The van der Waals surface area contributed by atoms with Gasteiger partial charge in [-0.05, 0) is 90.2 Å². The molecule has 0 spiro atoms. The van der Waals surface area contributed by atoms with Crippen LogP contribution in [0, 0.1) is 13.8 Å². The summed E-state index contributed by atoms with van der Waals surface area (Å²) in [5.41, 5.74) is 2.79. The Morgan fingerprint density at radius 1 is 0.919 bits per heavy atom. The molecule has 0 atom stereocenters. The fraction of sp³-hybridized carbons (Fsp3) is 0.414. The average Bonchev–Trinajstić information content (AvgIpc) is 2.84. The van der Waals surface area contributed by atoms with Gasteiger partial charge in [-0.2, -0.15) is 0 Å². The molecular weight excluding hydrogens is 536 g/mol. The van der Waals surface area contributed by atoms with Crippen LogP contribution >= 0.6 is 15.9 Å². The van der Waals surface area contributed by atoms with E-state index in [1.165, 1.54) is 31.8 Å². The number of anilines is 1. The van der Waals surface area contributed by atoms with Gasteiger partial charge in [0.1, 0.15) is 5.57 Å². The van der Waals surface area contributed by atoms with Crippen molar-refractivity contribution in [2.45, 2.75) is 66.2 Å². The van der Waals surface area contributed by atoms with Gasteiger partial charge in [-0.3, -0.25) is 14.9 Å². The van der Waals surface area contributed by atoms with Gasteiger partial charge in [0.15, 0.2) is 11.5 Å². The quantitative estimate of drug-likeness (QED) is 0.171. The Bertz CT molecular complexity index is 1190. The van der Waals surface area contributed by atoms with E-state index in [0.717, 1.165) is 28.9 Å². The number of urea groups is 1. The number of nitrogens with zero attached hydrogens (tertiary/aromatic N) is 1. The van der Waals surface area contributed by atoms with E-state index < -0.39 is 17.8 Å². The summed E-state index contributed by atoms with van der Waals surface area (Å²) in [6.07, 6.45) is 8.44. The first kappa shape index (κ1) is 28.4. The standard InChI is InChI=1S/C29H35BrN2O5/c1-5-7-8-9-10-11-14-37-26-24(30)17-21(18-25(26)36-6-2)16-23-27(33)31-29(35)32(28(23)34)22-13-12-19(3)20(4)15-22/h12-13,15-18H,5-11,14H2,1-4H3,(H,31,33,35)/b23-16-. The summed E-state index contributed by atoms with van der Waals surface area (Å²) in [5, 5.41) is 2.27. The topological polar surface area (TPSA) is 84.9 Å². The Balaban J connectivity index is 1.83. The predicted octanol–water partition coefficient (Wildman–Crippen LogP) is 6.87. The first-order valence-corrected chi connectivity index (χ1v) is 13.6. The molecule has 2 aromatic carbocycles. The molecule has 0 radical (unpaired) electrons. The summed E-state index contributed by atoms with van der Waals surface area (Å²) in [4.78, 5) is 39.5. The number of unbranched alkanes of at least 4 members (excludes halogenated alkanes) is 5. The number of nitrogens with one attached hydrogen (secondary N) is 1. The molecule has 1 N–H and O–H groups in total. The van der Waals surface area contributed by atoms with Gasteiger partial charge in [0.2, 0.25) is 0 Å². The molecule has 1 saturated heterocycles. The summed E-state index contributed by atoms with van der Waals surface area (Å²) in [6, 6.07) is 8.00. The van der Waals surface area contributed by atoms with Crippen LogP contribution in [0.2, 0.25) is 0 Å². The number of halogens is 1. The van der Waals surface area contributed by atoms with Crippen molar-refractivity contribution in [1.29, 1.82) is 0 Å². The van der Waals surface area contributed by atoms with Crippen LogP contribution in [0.1, 0.15) is 69.1 Å². The van der Waals surface area contributed by atoms with E-state index in [2.05, 4.69) is 28.2 Å². The van der Waals surface area contributed by atoms with E-state index in [1.54, 1.807) is 24.3 Å². The highest BCUT2D eigenvalue weighted by Gasteiger charge is 2.37. The van der Waals surface area contributed by atoms with Gasteiger partial charge >= 0.3 is 6.03 Å². The van der Waals surface area contributed by atoms with Crippen LogP contribution in [0.3, 0.4) is 0 Å². The molecule has 0 saturated carbocycles. The minimum Gasteiger partial charge on any atom is -0.490 e. The van der Waals surface area contributed by atoms with Crippen molar-refractivity contribution in [3.63, 3.8) is 0 Å². The Morgan fingerprint density at radius 2 is 1.65 bits per heavy atom. The third-order valence-corrected chi connectivity index (χ3v) is 6.83. The van der Waals surface area contributed by atoms with Gasteiger partial charge in [-0.1, -0.05) is 45.1 Å². The van der Waals surface area contributed by atoms with Crippen LogP contribution in [-0.4, -0.2) is 31.1 Å². The second kappa shape index (κ2) is 13.4. The number of hydrogen-bond acceptors (Lipinski definition) is 5. The Labute approximate surface area is 227 Å². The van der Waals surface area contributed by atoms with Crippen LogP contribution in [0.15, 0.2) is 40.4 Å². The lowest BCUT2D eigenvalue weighted by Crippen LogP contribution is -2.54. The summed E-state index contributed by atoms with van der Waals surface area (Å²) < 4.78 is 12.5. The highest BCUT2D eigenvalue weighted by molar-refractivity contribution is 9.10. The minimum atomic E-state index is -0.773. The Kier molecular flexibility index (Phi) is 10.3. The molecule has 0 unspecified atom stereocenters. The van der Waals surface area contributed by atoms with E-state index in [0.29, 0.717) is 40.4 Å². The number of benzene rings is 2. The molecule has 1 heterocycles. The minimum absolute atomic E-state index is 0.145. The summed E-state index contributed by atoms with van der Waals surface area (Å²) >= 11 is 3.56. The Hall–Kier alpha value is -3.13. The third kappa shape index (κ3) is 7.22. The van der Waals surface area contributed by atoms with Gasteiger partial charge in [-0.15, -0.1) is 0 Å². The molecule has 4 amide bonds. The molecule has 0 aromatic heterocycles. The molecule has 0 aliphatic carbocycles. The van der Waals surface area contributed by atoms with Crippen LogP contribution < -0.4 is 19.7 Å². The maximum atomic E-state index is 13.3. The van der Waals surface area contributed by atoms with Crippen LogP contribution in [0.5, 0.6) is 11.5 Å². The molecule has 1 aliphatic rings.